The molecule has 1 saturated heterocycles. The van der Waals surface area contributed by atoms with Crippen LogP contribution in [0.2, 0.25) is 5.02 Å². The van der Waals surface area contributed by atoms with E-state index in [1.165, 1.54) is 6.07 Å². The Kier molecular flexibility index (Phi) is 6.50. The summed E-state index contributed by atoms with van der Waals surface area (Å²) in [5.41, 5.74) is 0.785. The van der Waals surface area contributed by atoms with Gasteiger partial charge in [-0.1, -0.05) is 11.6 Å². The molecule has 0 aromatic heterocycles. The average Bonchev–Trinajstić information content (AvgIpc) is 2.51. The fraction of sp³-hybridized carbons (Fsp3) is 0.625. The van der Waals surface area contributed by atoms with E-state index in [9.17, 15) is 8.42 Å². The van der Waals surface area contributed by atoms with Gasteiger partial charge in [-0.25, -0.2) is 13.1 Å². The van der Waals surface area contributed by atoms with Crippen LogP contribution in [-0.2, 0) is 10.0 Å². The number of likely N-dealkylation sites (N-methyl/N-ethyl adjacent to an activating group) is 2. The highest BCUT2D eigenvalue weighted by Gasteiger charge is 2.26. The van der Waals surface area contributed by atoms with Crippen molar-refractivity contribution < 1.29 is 13.2 Å². The average molecular weight is 376 g/mol. The maximum absolute atomic E-state index is 12.7. The van der Waals surface area contributed by atoms with Crippen molar-refractivity contribution in [3.63, 3.8) is 0 Å². The Labute approximate surface area is 149 Å². The van der Waals surface area contributed by atoms with E-state index in [0.29, 0.717) is 23.9 Å². The SMILES string of the molecule is CCOc1cc(C)c(Cl)cc1S(=O)(=O)NCC1CN(C)CCN1C. The number of rotatable bonds is 6. The molecule has 1 aromatic rings. The van der Waals surface area contributed by atoms with Gasteiger partial charge in [-0.05, 0) is 45.6 Å². The van der Waals surface area contributed by atoms with E-state index in [1.54, 1.807) is 6.07 Å². The molecule has 1 heterocycles. The number of nitrogens with zero attached hydrogens (tertiary/aromatic N) is 2. The van der Waals surface area contributed by atoms with Gasteiger partial charge in [0.15, 0.2) is 0 Å². The summed E-state index contributed by atoms with van der Waals surface area (Å²) in [5.74, 6) is 0.334. The van der Waals surface area contributed by atoms with Crippen LogP contribution in [0.15, 0.2) is 17.0 Å². The van der Waals surface area contributed by atoms with Crippen molar-refractivity contribution in [3.8, 4) is 5.75 Å². The van der Waals surface area contributed by atoms with E-state index in [4.69, 9.17) is 16.3 Å². The molecule has 8 heteroatoms. The normalized spacial score (nSPS) is 20.3. The van der Waals surface area contributed by atoms with Gasteiger partial charge in [0.1, 0.15) is 10.6 Å². The highest BCUT2D eigenvalue weighted by Crippen LogP contribution is 2.30. The van der Waals surface area contributed by atoms with Crippen LogP contribution in [0, 0.1) is 6.92 Å². The van der Waals surface area contributed by atoms with Crippen molar-refractivity contribution in [3.05, 3.63) is 22.7 Å². The molecule has 1 aliphatic rings. The number of nitrogens with one attached hydrogen (secondary N) is 1. The second-order valence-corrected chi connectivity index (χ2v) is 8.37. The molecule has 1 N–H and O–H groups in total. The third kappa shape index (κ3) is 4.61. The predicted molar refractivity (Wildman–Crippen MR) is 96.5 cm³/mol. The molecule has 0 spiro atoms. The first-order valence-corrected chi connectivity index (χ1v) is 9.92. The van der Waals surface area contributed by atoms with E-state index >= 15 is 0 Å². The number of halogens is 1. The Bertz CT molecular complexity index is 681. The van der Waals surface area contributed by atoms with Crippen LogP contribution < -0.4 is 9.46 Å². The van der Waals surface area contributed by atoms with Crippen molar-refractivity contribution in [2.24, 2.45) is 0 Å². The van der Waals surface area contributed by atoms with Gasteiger partial charge in [0, 0.05) is 37.2 Å². The van der Waals surface area contributed by atoms with Gasteiger partial charge in [0.2, 0.25) is 10.0 Å². The lowest BCUT2D eigenvalue weighted by Crippen LogP contribution is -2.54. The van der Waals surface area contributed by atoms with Gasteiger partial charge in [-0.2, -0.15) is 0 Å². The van der Waals surface area contributed by atoms with Gasteiger partial charge in [-0.15, -0.1) is 0 Å². The molecular weight excluding hydrogens is 350 g/mol. The quantitative estimate of drug-likeness (QED) is 0.817. The summed E-state index contributed by atoms with van der Waals surface area (Å²) in [6.45, 7) is 7.11. The lowest BCUT2D eigenvalue weighted by atomic mass is 10.2. The molecule has 1 fully saturated rings. The highest BCUT2D eigenvalue weighted by atomic mass is 35.5. The van der Waals surface area contributed by atoms with Crippen LogP contribution in [-0.4, -0.2) is 71.1 Å². The monoisotopic (exact) mass is 375 g/mol. The number of sulfonamides is 1. The molecule has 1 unspecified atom stereocenters. The Morgan fingerprint density at radius 2 is 2.04 bits per heavy atom. The molecule has 1 aromatic carbocycles. The van der Waals surface area contributed by atoms with Gasteiger partial charge in [-0.3, -0.25) is 4.90 Å². The van der Waals surface area contributed by atoms with Crippen LogP contribution in [0.1, 0.15) is 12.5 Å². The zero-order valence-corrected chi connectivity index (χ0v) is 16.2. The van der Waals surface area contributed by atoms with Gasteiger partial charge < -0.3 is 9.64 Å². The topological polar surface area (TPSA) is 61.9 Å². The van der Waals surface area contributed by atoms with Gasteiger partial charge >= 0.3 is 0 Å². The van der Waals surface area contributed by atoms with E-state index in [-0.39, 0.29) is 10.9 Å². The summed E-state index contributed by atoms with van der Waals surface area (Å²) >= 11 is 6.12. The van der Waals surface area contributed by atoms with Crippen molar-refractivity contribution in [1.82, 2.24) is 14.5 Å². The second-order valence-electron chi connectivity index (χ2n) is 6.23. The molecule has 6 nitrogen and oxygen atoms in total. The van der Waals surface area contributed by atoms with E-state index in [0.717, 1.165) is 25.2 Å². The Morgan fingerprint density at radius 3 is 2.71 bits per heavy atom. The number of hydrogen-bond donors (Lipinski definition) is 1. The minimum absolute atomic E-state index is 0.0896. The highest BCUT2D eigenvalue weighted by molar-refractivity contribution is 7.89. The fourth-order valence-electron chi connectivity index (χ4n) is 2.72. The Balaban J connectivity index is 2.19. The molecule has 2 rings (SSSR count). The molecular formula is C16H26ClN3O3S. The first-order valence-electron chi connectivity index (χ1n) is 8.06. The smallest absolute Gasteiger partial charge is 0.244 e. The third-order valence-electron chi connectivity index (χ3n) is 4.30. The Morgan fingerprint density at radius 1 is 1.33 bits per heavy atom. The van der Waals surface area contributed by atoms with Crippen LogP contribution in [0.5, 0.6) is 5.75 Å². The standard InChI is InChI=1S/C16H26ClN3O3S/c1-5-23-15-8-12(2)14(17)9-16(15)24(21,22)18-10-13-11-19(3)6-7-20(13)4/h8-9,13,18H,5-7,10-11H2,1-4H3. The van der Waals surface area contributed by atoms with Crippen molar-refractivity contribution in [2.45, 2.75) is 24.8 Å². The molecule has 24 heavy (non-hydrogen) atoms. The lowest BCUT2D eigenvalue weighted by molar-refractivity contribution is 0.117. The third-order valence-corrected chi connectivity index (χ3v) is 6.16. The van der Waals surface area contributed by atoms with Crippen LogP contribution in [0.4, 0.5) is 0 Å². The van der Waals surface area contributed by atoms with Crippen molar-refractivity contribution in [1.29, 1.82) is 0 Å². The minimum atomic E-state index is -3.70. The zero-order valence-electron chi connectivity index (χ0n) is 14.7. The maximum atomic E-state index is 12.7. The number of aryl methyl sites for hydroxylation is 1. The fourth-order valence-corrected chi connectivity index (χ4v) is 4.17. The molecule has 1 aliphatic heterocycles. The summed E-state index contributed by atoms with van der Waals surface area (Å²) in [6, 6.07) is 3.26. The van der Waals surface area contributed by atoms with E-state index in [2.05, 4.69) is 14.5 Å². The summed E-state index contributed by atoms with van der Waals surface area (Å²) < 4.78 is 33.7. The van der Waals surface area contributed by atoms with Gasteiger partial charge in [0.25, 0.3) is 0 Å². The van der Waals surface area contributed by atoms with E-state index < -0.39 is 10.0 Å². The lowest BCUT2D eigenvalue weighted by Gasteiger charge is -2.37. The molecule has 0 saturated carbocycles. The summed E-state index contributed by atoms with van der Waals surface area (Å²) in [6.07, 6.45) is 0. The van der Waals surface area contributed by atoms with Crippen LogP contribution in [0.3, 0.4) is 0 Å². The number of benzene rings is 1. The number of piperazine rings is 1. The molecule has 1 atom stereocenters. The van der Waals surface area contributed by atoms with Crippen molar-refractivity contribution >= 4 is 21.6 Å². The summed E-state index contributed by atoms with van der Waals surface area (Å²) in [4.78, 5) is 4.47. The first-order chi connectivity index (χ1) is 11.2. The first kappa shape index (κ1) is 19.5. The zero-order chi connectivity index (χ0) is 17.9. The summed E-state index contributed by atoms with van der Waals surface area (Å²) in [7, 11) is 0.360. The largest absolute Gasteiger partial charge is 0.492 e. The van der Waals surface area contributed by atoms with E-state index in [1.807, 2.05) is 27.9 Å². The van der Waals surface area contributed by atoms with Crippen LogP contribution in [0.25, 0.3) is 0 Å². The number of hydrogen-bond acceptors (Lipinski definition) is 5. The molecule has 0 aliphatic carbocycles. The predicted octanol–water partition coefficient (Wildman–Crippen LogP) is 1.57. The van der Waals surface area contributed by atoms with Crippen molar-refractivity contribution in [2.75, 3.05) is 46.9 Å². The second kappa shape index (κ2) is 8.01. The molecule has 0 amide bonds. The van der Waals surface area contributed by atoms with Gasteiger partial charge in [0.05, 0.1) is 6.61 Å². The number of ether oxygens (including phenoxy) is 1. The molecule has 0 radical (unpaired) electrons. The minimum Gasteiger partial charge on any atom is -0.492 e. The molecule has 136 valence electrons. The van der Waals surface area contributed by atoms with Crippen LogP contribution >= 0.6 is 11.6 Å². The summed E-state index contributed by atoms with van der Waals surface area (Å²) in [5, 5.41) is 0.411. The molecule has 0 bridgehead atoms. The Hall–Kier alpha value is -0.860. The maximum Gasteiger partial charge on any atom is 0.244 e.